The van der Waals surface area contributed by atoms with Crippen LogP contribution in [0.15, 0.2) is 41.5 Å². The number of carbonyl (C=O) groups excluding carboxylic acids is 2. The van der Waals surface area contributed by atoms with Gasteiger partial charge in [-0.15, -0.1) is 11.3 Å². The molecule has 0 spiro atoms. The number of fused-ring (bicyclic) bond motifs is 1. The number of rotatable bonds is 7. The first kappa shape index (κ1) is 19.6. The molecular formula is C20H19NO6S. The van der Waals surface area contributed by atoms with Gasteiger partial charge in [-0.1, -0.05) is 19.9 Å². The fourth-order valence-corrected chi connectivity index (χ4v) is 3.28. The summed E-state index contributed by atoms with van der Waals surface area (Å²) >= 11 is 1.49. The summed E-state index contributed by atoms with van der Waals surface area (Å²) in [6, 6.07) is 7.46. The molecule has 7 nitrogen and oxygen atoms in total. The lowest BCUT2D eigenvalue weighted by molar-refractivity contribution is -0.143. The van der Waals surface area contributed by atoms with Crippen molar-refractivity contribution in [3.63, 3.8) is 0 Å². The SMILES string of the molecule is CC(C)C(NC(=O)COc1ccc2c(c1)OC(=Cc1cccs1)C2=O)C(=O)O. The zero-order chi connectivity index (χ0) is 20.3. The monoisotopic (exact) mass is 401 g/mol. The summed E-state index contributed by atoms with van der Waals surface area (Å²) in [6.07, 6.45) is 1.68. The summed E-state index contributed by atoms with van der Waals surface area (Å²) in [5.41, 5.74) is 0.422. The fourth-order valence-electron chi connectivity index (χ4n) is 2.64. The summed E-state index contributed by atoms with van der Waals surface area (Å²) in [4.78, 5) is 36.4. The van der Waals surface area contributed by atoms with E-state index in [-0.39, 0.29) is 24.1 Å². The van der Waals surface area contributed by atoms with E-state index in [0.29, 0.717) is 17.1 Å². The molecule has 28 heavy (non-hydrogen) atoms. The maximum Gasteiger partial charge on any atom is 0.326 e. The molecule has 1 aromatic heterocycles. The summed E-state index contributed by atoms with van der Waals surface area (Å²) < 4.78 is 11.0. The van der Waals surface area contributed by atoms with Crippen LogP contribution in [0.2, 0.25) is 0 Å². The highest BCUT2D eigenvalue weighted by Gasteiger charge is 2.28. The van der Waals surface area contributed by atoms with Crippen LogP contribution in [-0.4, -0.2) is 35.4 Å². The molecular weight excluding hydrogens is 382 g/mol. The van der Waals surface area contributed by atoms with E-state index in [4.69, 9.17) is 14.6 Å². The minimum absolute atomic E-state index is 0.214. The molecule has 1 unspecified atom stereocenters. The zero-order valence-electron chi connectivity index (χ0n) is 15.3. The van der Waals surface area contributed by atoms with Crippen LogP contribution >= 0.6 is 11.3 Å². The Bertz CT molecular complexity index is 932. The Kier molecular flexibility index (Phi) is 5.79. The molecule has 1 atom stereocenters. The van der Waals surface area contributed by atoms with E-state index in [1.54, 1.807) is 32.1 Å². The van der Waals surface area contributed by atoms with E-state index in [1.165, 1.54) is 17.4 Å². The van der Waals surface area contributed by atoms with Crippen LogP contribution in [0.25, 0.3) is 6.08 Å². The number of allylic oxidation sites excluding steroid dienone is 1. The number of carboxylic acids is 1. The second kappa shape index (κ2) is 8.26. The number of amides is 1. The maximum atomic E-state index is 12.4. The molecule has 0 bridgehead atoms. The number of thiophene rings is 1. The average molecular weight is 401 g/mol. The number of carboxylic acid groups (broad SMARTS) is 1. The van der Waals surface area contributed by atoms with Crippen molar-refractivity contribution in [3.05, 3.63) is 51.9 Å². The van der Waals surface area contributed by atoms with Gasteiger partial charge >= 0.3 is 5.97 Å². The highest BCUT2D eigenvalue weighted by Crippen LogP contribution is 2.35. The fraction of sp³-hybridized carbons (Fsp3) is 0.250. The maximum absolute atomic E-state index is 12.4. The lowest BCUT2D eigenvalue weighted by Gasteiger charge is -2.18. The molecule has 8 heteroatoms. The topological polar surface area (TPSA) is 102 Å². The molecule has 3 rings (SSSR count). The van der Waals surface area contributed by atoms with E-state index in [0.717, 1.165) is 4.88 Å². The molecule has 1 aliphatic rings. The van der Waals surface area contributed by atoms with Gasteiger partial charge < -0.3 is 19.9 Å². The van der Waals surface area contributed by atoms with Gasteiger partial charge in [-0.05, 0) is 29.5 Å². The third kappa shape index (κ3) is 4.40. The number of Topliss-reactive ketones (excluding diaryl/α,β-unsaturated/α-hetero) is 1. The molecule has 0 fully saturated rings. The molecule has 1 amide bonds. The minimum atomic E-state index is -1.10. The summed E-state index contributed by atoms with van der Waals surface area (Å²) in [5, 5.41) is 13.4. The van der Waals surface area contributed by atoms with E-state index in [9.17, 15) is 14.4 Å². The number of aliphatic carboxylic acids is 1. The number of nitrogens with one attached hydrogen (secondary N) is 1. The predicted octanol–water partition coefficient (Wildman–Crippen LogP) is 2.97. The van der Waals surface area contributed by atoms with Gasteiger partial charge in [-0.2, -0.15) is 0 Å². The molecule has 0 aliphatic carbocycles. The highest BCUT2D eigenvalue weighted by molar-refractivity contribution is 7.10. The normalized spacial score (nSPS) is 15.2. The molecule has 1 aliphatic heterocycles. The van der Waals surface area contributed by atoms with Gasteiger partial charge in [-0.3, -0.25) is 9.59 Å². The Balaban J connectivity index is 1.64. The first-order valence-electron chi connectivity index (χ1n) is 8.62. The molecule has 0 saturated heterocycles. The van der Waals surface area contributed by atoms with Crippen LogP contribution < -0.4 is 14.8 Å². The first-order chi connectivity index (χ1) is 13.3. The van der Waals surface area contributed by atoms with Crippen LogP contribution in [0, 0.1) is 5.92 Å². The van der Waals surface area contributed by atoms with Crippen LogP contribution in [0.3, 0.4) is 0 Å². The van der Waals surface area contributed by atoms with Gasteiger partial charge in [0.15, 0.2) is 12.4 Å². The van der Waals surface area contributed by atoms with Crippen LogP contribution in [-0.2, 0) is 9.59 Å². The van der Waals surface area contributed by atoms with E-state index < -0.39 is 17.9 Å². The lowest BCUT2D eigenvalue weighted by Crippen LogP contribution is -2.46. The van der Waals surface area contributed by atoms with Gasteiger partial charge in [0.1, 0.15) is 17.5 Å². The smallest absolute Gasteiger partial charge is 0.326 e. The first-order valence-corrected chi connectivity index (χ1v) is 9.50. The minimum Gasteiger partial charge on any atom is -0.484 e. The molecule has 2 N–H and O–H groups in total. The quantitative estimate of drug-likeness (QED) is 0.692. The summed E-state index contributed by atoms with van der Waals surface area (Å²) in [5.74, 6) is -1.18. The summed E-state index contributed by atoms with van der Waals surface area (Å²) in [6.45, 7) is 3.06. The van der Waals surface area contributed by atoms with Crippen LogP contribution in [0.5, 0.6) is 11.5 Å². The zero-order valence-corrected chi connectivity index (χ0v) is 16.1. The van der Waals surface area contributed by atoms with Gasteiger partial charge in [0, 0.05) is 17.0 Å². The number of ketones is 1. The van der Waals surface area contributed by atoms with E-state index >= 15 is 0 Å². The Morgan fingerprint density at radius 3 is 2.75 bits per heavy atom. The van der Waals surface area contributed by atoms with Crippen molar-refractivity contribution in [2.45, 2.75) is 19.9 Å². The van der Waals surface area contributed by atoms with Crippen molar-refractivity contribution in [2.24, 2.45) is 5.92 Å². The number of hydrogen-bond acceptors (Lipinski definition) is 6. The number of ether oxygens (including phenoxy) is 2. The molecule has 2 heterocycles. The van der Waals surface area contributed by atoms with Crippen molar-refractivity contribution in [2.75, 3.05) is 6.61 Å². The predicted molar refractivity (Wildman–Crippen MR) is 104 cm³/mol. The highest BCUT2D eigenvalue weighted by atomic mass is 32.1. The average Bonchev–Trinajstić information content (AvgIpc) is 3.26. The van der Waals surface area contributed by atoms with Gasteiger partial charge in [0.05, 0.1) is 5.56 Å². The van der Waals surface area contributed by atoms with E-state index in [1.807, 2.05) is 17.5 Å². The number of hydrogen-bond donors (Lipinski definition) is 2. The Labute approximate surface area is 165 Å². The standard InChI is InChI=1S/C20H19NO6S/c1-11(2)18(20(24)25)21-17(22)10-26-12-5-6-14-15(8-12)27-16(19(14)23)9-13-4-3-7-28-13/h3-9,11,18H,10H2,1-2H3,(H,21,22)(H,24,25). The van der Waals surface area contributed by atoms with Gasteiger partial charge in [0.25, 0.3) is 5.91 Å². The van der Waals surface area contributed by atoms with Gasteiger partial charge in [-0.25, -0.2) is 4.79 Å². The Morgan fingerprint density at radius 2 is 2.11 bits per heavy atom. The van der Waals surface area contributed by atoms with Crippen molar-refractivity contribution in [1.82, 2.24) is 5.32 Å². The molecule has 2 aromatic rings. The largest absolute Gasteiger partial charge is 0.484 e. The number of benzene rings is 1. The summed E-state index contributed by atoms with van der Waals surface area (Å²) in [7, 11) is 0. The van der Waals surface area contributed by atoms with Crippen LogP contribution in [0.1, 0.15) is 29.1 Å². The molecule has 146 valence electrons. The third-order valence-electron chi connectivity index (χ3n) is 4.08. The third-order valence-corrected chi connectivity index (χ3v) is 4.90. The van der Waals surface area contributed by atoms with Crippen molar-refractivity contribution in [3.8, 4) is 11.5 Å². The molecule has 0 saturated carbocycles. The lowest BCUT2D eigenvalue weighted by atomic mass is 10.1. The van der Waals surface area contributed by atoms with Crippen molar-refractivity contribution in [1.29, 1.82) is 0 Å². The van der Waals surface area contributed by atoms with Crippen LogP contribution in [0.4, 0.5) is 0 Å². The second-order valence-corrected chi connectivity index (χ2v) is 7.51. The Morgan fingerprint density at radius 1 is 1.32 bits per heavy atom. The second-order valence-electron chi connectivity index (χ2n) is 6.53. The Hall–Kier alpha value is -3.13. The molecule has 0 radical (unpaired) electrons. The van der Waals surface area contributed by atoms with Gasteiger partial charge in [0.2, 0.25) is 5.78 Å². The number of carbonyl (C=O) groups is 3. The van der Waals surface area contributed by atoms with E-state index in [2.05, 4.69) is 5.32 Å². The van der Waals surface area contributed by atoms with Crippen molar-refractivity contribution >= 4 is 35.1 Å². The molecule has 1 aromatic carbocycles. The van der Waals surface area contributed by atoms with Crippen molar-refractivity contribution < 1.29 is 29.0 Å².